The van der Waals surface area contributed by atoms with Crippen LogP contribution in [0.2, 0.25) is 5.02 Å². The molecule has 0 atom stereocenters. The van der Waals surface area contributed by atoms with Gasteiger partial charge < -0.3 is 14.6 Å². The van der Waals surface area contributed by atoms with Gasteiger partial charge in [0.15, 0.2) is 11.5 Å². The molecular formula is C19H18ClN3O3S. The molecule has 4 rings (SSSR count). The topological polar surface area (TPSA) is 77.2 Å². The highest BCUT2D eigenvalue weighted by molar-refractivity contribution is 7.13. The van der Waals surface area contributed by atoms with Crippen LogP contribution < -0.4 is 10.1 Å². The summed E-state index contributed by atoms with van der Waals surface area (Å²) in [7, 11) is 0. The largest absolute Gasteiger partial charge is 0.474 e. The zero-order valence-corrected chi connectivity index (χ0v) is 16.0. The Balaban J connectivity index is 1.27. The predicted octanol–water partition coefficient (Wildman–Crippen LogP) is 4.57. The number of aromatic nitrogens is 2. The van der Waals surface area contributed by atoms with Crippen molar-refractivity contribution in [2.24, 2.45) is 0 Å². The number of amides is 1. The molecule has 1 aliphatic rings. The van der Waals surface area contributed by atoms with Gasteiger partial charge in [-0.1, -0.05) is 22.8 Å². The number of nitrogens with zero attached hydrogens (tertiary/aromatic N) is 2. The maximum atomic E-state index is 12.4. The van der Waals surface area contributed by atoms with Gasteiger partial charge in [-0.3, -0.25) is 4.79 Å². The third-order valence-corrected chi connectivity index (χ3v) is 5.61. The highest BCUT2D eigenvalue weighted by Crippen LogP contribution is 2.26. The molecule has 1 N–H and O–H groups in total. The summed E-state index contributed by atoms with van der Waals surface area (Å²) in [5, 5.41) is 9.47. The van der Waals surface area contributed by atoms with E-state index in [1.807, 2.05) is 17.5 Å². The third kappa shape index (κ3) is 4.48. The van der Waals surface area contributed by atoms with Gasteiger partial charge in [0.05, 0.1) is 9.90 Å². The number of carbonyl (C=O) groups excluding carboxylic acids is 1. The van der Waals surface area contributed by atoms with Crippen LogP contribution in [0.4, 0.5) is 0 Å². The van der Waals surface area contributed by atoms with Crippen LogP contribution in [0.15, 0.2) is 46.4 Å². The molecule has 0 bridgehead atoms. The summed E-state index contributed by atoms with van der Waals surface area (Å²) in [6.07, 6.45) is 5.08. The molecule has 8 heteroatoms. The second-order valence-electron chi connectivity index (χ2n) is 6.43. The Hall–Kier alpha value is -2.38. The number of pyridine rings is 1. The average Bonchev–Trinajstić information content (AvgIpc) is 3.36. The molecular weight excluding hydrogens is 386 g/mol. The second-order valence-corrected chi connectivity index (χ2v) is 7.82. The minimum absolute atomic E-state index is 0.101. The van der Waals surface area contributed by atoms with E-state index in [4.69, 9.17) is 20.9 Å². The van der Waals surface area contributed by atoms with Crippen molar-refractivity contribution in [1.82, 2.24) is 15.5 Å². The van der Waals surface area contributed by atoms with Gasteiger partial charge in [0.25, 0.3) is 5.91 Å². The fourth-order valence-electron chi connectivity index (χ4n) is 3.10. The maximum Gasteiger partial charge on any atom is 0.273 e. The van der Waals surface area contributed by atoms with Crippen molar-refractivity contribution >= 4 is 28.8 Å². The SMILES string of the molecule is O=C(NC1CCC(Oc2ccc(Cl)cn2)CC1)c1cc(-c2cccs2)on1. The van der Waals surface area contributed by atoms with E-state index in [0.717, 1.165) is 30.6 Å². The first-order chi connectivity index (χ1) is 13.2. The number of ether oxygens (including phenoxy) is 1. The van der Waals surface area contributed by atoms with E-state index < -0.39 is 0 Å². The van der Waals surface area contributed by atoms with Crippen molar-refractivity contribution < 1.29 is 14.1 Å². The van der Waals surface area contributed by atoms with Gasteiger partial charge in [-0.15, -0.1) is 11.3 Å². The number of nitrogens with one attached hydrogen (secondary N) is 1. The zero-order valence-electron chi connectivity index (χ0n) is 14.4. The van der Waals surface area contributed by atoms with Crippen molar-refractivity contribution in [3.05, 3.63) is 52.6 Å². The van der Waals surface area contributed by atoms with E-state index in [1.165, 1.54) is 0 Å². The van der Waals surface area contributed by atoms with Crippen molar-refractivity contribution in [2.45, 2.75) is 37.8 Å². The highest BCUT2D eigenvalue weighted by Gasteiger charge is 2.25. The van der Waals surface area contributed by atoms with Gasteiger partial charge in [0, 0.05) is 24.4 Å². The summed E-state index contributed by atoms with van der Waals surface area (Å²) in [5.41, 5.74) is 0.308. The fraction of sp³-hybridized carbons (Fsp3) is 0.316. The Morgan fingerprint density at radius 3 is 2.81 bits per heavy atom. The summed E-state index contributed by atoms with van der Waals surface area (Å²) >= 11 is 7.38. The molecule has 3 aromatic heterocycles. The molecule has 0 saturated heterocycles. The van der Waals surface area contributed by atoms with Gasteiger partial charge in [0.2, 0.25) is 5.88 Å². The van der Waals surface area contributed by atoms with Gasteiger partial charge in [-0.2, -0.15) is 0 Å². The molecule has 0 spiro atoms. The van der Waals surface area contributed by atoms with Crippen molar-refractivity contribution in [3.63, 3.8) is 0 Å². The number of carbonyl (C=O) groups is 1. The lowest BCUT2D eigenvalue weighted by atomic mass is 9.93. The van der Waals surface area contributed by atoms with Gasteiger partial charge >= 0.3 is 0 Å². The highest BCUT2D eigenvalue weighted by atomic mass is 35.5. The molecule has 3 heterocycles. The molecule has 6 nitrogen and oxygen atoms in total. The van der Waals surface area contributed by atoms with Gasteiger partial charge in [-0.05, 0) is 43.2 Å². The van der Waals surface area contributed by atoms with Crippen LogP contribution in [0.1, 0.15) is 36.2 Å². The lowest BCUT2D eigenvalue weighted by Gasteiger charge is -2.28. The van der Waals surface area contributed by atoms with E-state index in [2.05, 4.69) is 15.5 Å². The molecule has 1 amide bonds. The summed E-state index contributed by atoms with van der Waals surface area (Å²) in [6.45, 7) is 0. The Kier molecular flexibility index (Phi) is 5.40. The van der Waals surface area contributed by atoms with E-state index in [9.17, 15) is 4.79 Å². The number of thiophene rings is 1. The quantitative estimate of drug-likeness (QED) is 0.675. The summed E-state index contributed by atoms with van der Waals surface area (Å²) in [4.78, 5) is 17.5. The van der Waals surface area contributed by atoms with Crippen LogP contribution >= 0.6 is 22.9 Å². The molecule has 0 unspecified atom stereocenters. The summed E-state index contributed by atoms with van der Waals surface area (Å²) < 4.78 is 11.2. The smallest absolute Gasteiger partial charge is 0.273 e. The maximum absolute atomic E-state index is 12.4. The van der Waals surface area contributed by atoms with Crippen LogP contribution in [-0.2, 0) is 0 Å². The molecule has 0 aliphatic heterocycles. The van der Waals surface area contributed by atoms with E-state index >= 15 is 0 Å². The molecule has 27 heavy (non-hydrogen) atoms. The Labute approximate surface area is 165 Å². The van der Waals surface area contributed by atoms with E-state index in [1.54, 1.807) is 35.7 Å². The Bertz CT molecular complexity index is 887. The minimum atomic E-state index is -0.203. The van der Waals surface area contributed by atoms with Crippen LogP contribution in [0.25, 0.3) is 10.6 Å². The monoisotopic (exact) mass is 403 g/mol. The van der Waals surface area contributed by atoms with Gasteiger partial charge in [-0.25, -0.2) is 4.98 Å². The third-order valence-electron chi connectivity index (χ3n) is 4.50. The Morgan fingerprint density at radius 1 is 1.26 bits per heavy atom. The lowest BCUT2D eigenvalue weighted by molar-refractivity contribution is 0.0881. The van der Waals surface area contributed by atoms with E-state index in [-0.39, 0.29) is 18.1 Å². The first-order valence-electron chi connectivity index (χ1n) is 8.77. The lowest BCUT2D eigenvalue weighted by Crippen LogP contribution is -2.39. The zero-order chi connectivity index (χ0) is 18.6. The Morgan fingerprint density at radius 2 is 2.11 bits per heavy atom. The van der Waals surface area contributed by atoms with Gasteiger partial charge in [0.1, 0.15) is 6.10 Å². The predicted molar refractivity (Wildman–Crippen MR) is 103 cm³/mol. The fourth-order valence-corrected chi connectivity index (χ4v) is 3.89. The minimum Gasteiger partial charge on any atom is -0.474 e. The molecule has 1 fully saturated rings. The molecule has 0 radical (unpaired) electrons. The van der Waals surface area contributed by atoms with Crippen molar-refractivity contribution in [2.75, 3.05) is 0 Å². The normalized spacial score (nSPS) is 19.6. The standard InChI is InChI=1S/C19H18ClN3O3S/c20-12-3-8-18(21-11-12)25-14-6-4-13(5-7-14)22-19(24)15-10-16(26-23-15)17-2-1-9-27-17/h1-3,8-11,13-14H,4-7H2,(H,22,24). The molecule has 140 valence electrons. The summed E-state index contributed by atoms with van der Waals surface area (Å²) in [5.74, 6) is 0.989. The van der Waals surface area contributed by atoms with Crippen LogP contribution in [0.5, 0.6) is 5.88 Å². The molecule has 1 aliphatic carbocycles. The van der Waals surface area contributed by atoms with Crippen LogP contribution in [0, 0.1) is 0 Å². The van der Waals surface area contributed by atoms with Crippen molar-refractivity contribution in [3.8, 4) is 16.5 Å². The van der Waals surface area contributed by atoms with Crippen LogP contribution in [-0.4, -0.2) is 28.2 Å². The molecule has 1 saturated carbocycles. The second kappa shape index (κ2) is 8.10. The average molecular weight is 404 g/mol. The van der Waals surface area contributed by atoms with Crippen molar-refractivity contribution in [1.29, 1.82) is 0 Å². The first-order valence-corrected chi connectivity index (χ1v) is 10.0. The number of rotatable bonds is 5. The molecule has 3 aromatic rings. The van der Waals surface area contributed by atoms with E-state index in [0.29, 0.717) is 22.4 Å². The molecule has 0 aromatic carbocycles. The first kappa shape index (κ1) is 18.0. The van der Waals surface area contributed by atoms with Crippen LogP contribution in [0.3, 0.4) is 0 Å². The summed E-state index contributed by atoms with van der Waals surface area (Å²) in [6, 6.07) is 9.19. The number of hydrogen-bond donors (Lipinski definition) is 1. The number of halogens is 1. The number of hydrogen-bond acceptors (Lipinski definition) is 6.